The molecule has 1 saturated carbocycles. The predicted molar refractivity (Wildman–Crippen MR) is 91.6 cm³/mol. The molecule has 0 spiro atoms. The third-order valence-electron chi connectivity index (χ3n) is 6.13. The molecule has 2 heteroatoms. The summed E-state index contributed by atoms with van der Waals surface area (Å²) in [5.74, 6) is 1.01. The Kier molecular flexibility index (Phi) is 5.38. The predicted octanol–water partition coefficient (Wildman–Crippen LogP) is 6.24. The number of fused-ring (bicyclic) bond motifs is 1. The van der Waals surface area contributed by atoms with Gasteiger partial charge in [0.15, 0.2) is 11.6 Å². The molecule has 0 aromatic heterocycles. The van der Waals surface area contributed by atoms with Crippen LogP contribution in [0.1, 0.15) is 75.5 Å². The van der Waals surface area contributed by atoms with Crippen LogP contribution in [0.3, 0.4) is 0 Å². The molecule has 0 aliphatic heterocycles. The van der Waals surface area contributed by atoms with Crippen molar-refractivity contribution in [1.29, 1.82) is 0 Å². The van der Waals surface area contributed by atoms with Gasteiger partial charge in [-0.05, 0) is 66.5 Å². The molecule has 23 heavy (non-hydrogen) atoms. The SMILES string of the molecule is CC1CCC(CCCc2cc3c(c(F)c2F)CC(C)CC3)CC1. The molecule has 2 aliphatic rings. The van der Waals surface area contributed by atoms with E-state index in [9.17, 15) is 8.78 Å². The first-order chi connectivity index (χ1) is 11.0. The number of benzene rings is 1. The maximum Gasteiger partial charge on any atom is 0.162 e. The van der Waals surface area contributed by atoms with E-state index < -0.39 is 11.6 Å². The van der Waals surface area contributed by atoms with Crippen LogP contribution in [0, 0.1) is 29.4 Å². The first-order valence-corrected chi connectivity index (χ1v) is 9.53. The molecule has 1 unspecified atom stereocenters. The molecule has 0 amide bonds. The van der Waals surface area contributed by atoms with Crippen molar-refractivity contribution in [3.05, 3.63) is 34.4 Å². The Balaban J connectivity index is 1.61. The van der Waals surface area contributed by atoms with Crippen molar-refractivity contribution in [3.8, 4) is 0 Å². The minimum Gasteiger partial charge on any atom is -0.203 e. The highest BCUT2D eigenvalue weighted by atomic mass is 19.2. The molecule has 0 bridgehead atoms. The summed E-state index contributed by atoms with van der Waals surface area (Å²) in [6.45, 7) is 4.46. The van der Waals surface area contributed by atoms with E-state index in [1.165, 1.54) is 32.1 Å². The van der Waals surface area contributed by atoms with Gasteiger partial charge in [0.2, 0.25) is 0 Å². The Bertz CT molecular complexity index is 541. The van der Waals surface area contributed by atoms with Gasteiger partial charge in [0, 0.05) is 0 Å². The summed E-state index contributed by atoms with van der Waals surface area (Å²) in [6.07, 6.45) is 10.9. The van der Waals surface area contributed by atoms with Crippen molar-refractivity contribution in [1.82, 2.24) is 0 Å². The molecule has 3 rings (SSSR count). The fourth-order valence-electron chi connectivity index (χ4n) is 4.45. The summed E-state index contributed by atoms with van der Waals surface area (Å²) in [4.78, 5) is 0. The highest BCUT2D eigenvalue weighted by Crippen LogP contribution is 2.33. The lowest BCUT2D eigenvalue weighted by Gasteiger charge is -2.26. The fourth-order valence-corrected chi connectivity index (χ4v) is 4.45. The lowest BCUT2D eigenvalue weighted by molar-refractivity contribution is 0.273. The highest BCUT2D eigenvalue weighted by molar-refractivity contribution is 5.37. The van der Waals surface area contributed by atoms with E-state index in [0.717, 1.165) is 36.7 Å². The summed E-state index contributed by atoms with van der Waals surface area (Å²) in [6, 6.07) is 1.96. The average molecular weight is 320 g/mol. The van der Waals surface area contributed by atoms with Gasteiger partial charge in [-0.2, -0.15) is 0 Å². The maximum atomic E-state index is 14.4. The lowest BCUT2D eigenvalue weighted by atomic mass is 9.80. The van der Waals surface area contributed by atoms with E-state index >= 15 is 0 Å². The van der Waals surface area contributed by atoms with Crippen molar-refractivity contribution in [2.75, 3.05) is 0 Å². The van der Waals surface area contributed by atoms with Gasteiger partial charge in [0.05, 0.1) is 0 Å². The van der Waals surface area contributed by atoms with E-state index in [1.807, 2.05) is 6.07 Å². The molecule has 128 valence electrons. The molecular formula is C21H30F2. The number of rotatable bonds is 4. The molecule has 1 aromatic carbocycles. The molecule has 2 aliphatic carbocycles. The largest absolute Gasteiger partial charge is 0.203 e. The van der Waals surface area contributed by atoms with E-state index in [2.05, 4.69) is 13.8 Å². The fraction of sp³-hybridized carbons (Fsp3) is 0.714. The molecule has 0 saturated heterocycles. The summed E-state index contributed by atoms with van der Waals surface area (Å²) >= 11 is 0. The molecule has 0 N–H and O–H groups in total. The van der Waals surface area contributed by atoms with Crippen LogP contribution in [0.2, 0.25) is 0 Å². The van der Waals surface area contributed by atoms with Crippen LogP contribution >= 0.6 is 0 Å². The number of hydrogen-bond acceptors (Lipinski definition) is 0. The number of hydrogen-bond donors (Lipinski definition) is 0. The Morgan fingerprint density at radius 2 is 1.70 bits per heavy atom. The zero-order chi connectivity index (χ0) is 16.4. The zero-order valence-corrected chi connectivity index (χ0v) is 14.6. The second kappa shape index (κ2) is 7.32. The second-order valence-corrected chi connectivity index (χ2v) is 8.17. The van der Waals surface area contributed by atoms with Gasteiger partial charge < -0.3 is 0 Å². The lowest BCUT2D eigenvalue weighted by Crippen LogP contribution is -2.16. The summed E-state index contributed by atoms with van der Waals surface area (Å²) in [5.41, 5.74) is 2.31. The van der Waals surface area contributed by atoms with Crippen LogP contribution in [0.25, 0.3) is 0 Å². The second-order valence-electron chi connectivity index (χ2n) is 8.17. The molecule has 1 fully saturated rings. The molecular weight excluding hydrogens is 290 g/mol. The first-order valence-electron chi connectivity index (χ1n) is 9.53. The van der Waals surface area contributed by atoms with Gasteiger partial charge in [0.25, 0.3) is 0 Å². The standard InChI is InChI=1S/C21H30F2/c1-14-6-9-16(10-7-14)4-3-5-18-13-17-11-8-15(2)12-19(17)21(23)20(18)22/h13-16H,3-12H2,1-2H3. The topological polar surface area (TPSA) is 0 Å². The Labute approximate surface area is 139 Å². The molecule has 0 nitrogen and oxygen atoms in total. The van der Waals surface area contributed by atoms with Gasteiger partial charge in [-0.3, -0.25) is 0 Å². The van der Waals surface area contributed by atoms with Gasteiger partial charge in [-0.25, -0.2) is 8.78 Å². The van der Waals surface area contributed by atoms with E-state index in [-0.39, 0.29) is 0 Å². The number of aryl methyl sites for hydroxylation is 2. The summed E-state index contributed by atoms with van der Waals surface area (Å²) < 4.78 is 28.7. The summed E-state index contributed by atoms with van der Waals surface area (Å²) in [5, 5.41) is 0. The minimum absolute atomic E-state index is 0.468. The Hall–Kier alpha value is -0.920. The van der Waals surface area contributed by atoms with Crippen molar-refractivity contribution in [3.63, 3.8) is 0 Å². The molecule has 0 radical (unpaired) electrons. The monoisotopic (exact) mass is 320 g/mol. The molecule has 0 heterocycles. The van der Waals surface area contributed by atoms with Crippen LogP contribution in [-0.2, 0) is 19.3 Å². The van der Waals surface area contributed by atoms with Gasteiger partial charge in [0.1, 0.15) is 0 Å². The van der Waals surface area contributed by atoms with Gasteiger partial charge in [-0.1, -0.05) is 52.0 Å². The normalized spacial score (nSPS) is 27.7. The third-order valence-corrected chi connectivity index (χ3v) is 6.13. The minimum atomic E-state index is -0.574. The van der Waals surface area contributed by atoms with Crippen molar-refractivity contribution in [2.45, 2.75) is 78.1 Å². The highest BCUT2D eigenvalue weighted by Gasteiger charge is 2.24. The van der Waals surface area contributed by atoms with Crippen LogP contribution in [0.15, 0.2) is 6.07 Å². The summed E-state index contributed by atoms with van der Waals surface area (Å²) in [7, 11) is 0. The first kappa shape index (κ1) is 16.9. The molecule has 1 atom stereocenters. The quantitative estimate of drug-likeness (QED) is 0.616. The van der Waals surface area contributed by atoms with E-state index in [4.69, 9.17) is 0 Å². The Morgan fingerprint density at radius 1 is 0.957 bits per heavy atom. The average Bonchev–Trinajstić information content (AvgIpc) is 2.54. The van der Waals surface area contributed by atoms with E-state index in [0.29, 0.717) is 29.9 Å². The van der Waals surface area contributed by atoms with Crippen molar-refractivity contribution in [2.24, 2.45) is 17.8 Å². The van der Waals surface area contributed by atoms with Crippen LogP contribution in [0.4, 0.5) is 8.78 Å². The maximum absolute atomic E-state index is 14.4. The Morgan fingerprint density at radius 3 is 2.43 bits per heavy atom. The van der Waals surface area contributed by atoms with Crippen LogP contribution in [0.5, 0.6) is 0 Å². The van der Waals surface area contributed by atoms with Gasteiger partial charge in [-0.15, -0.1) is 0 Å². The van der Waals surface area contributed by atoms with Crippen molar-refractivity contribution >= 4 is 0 Å². The zero-order valence-electron chi connectivity index (χ0n) is 14.6. The van der Waals surface area contributed by atoms with Crippen LogP contribution < -0.4 is 0 Å². The van der Waals surface area contributed by atoms with Crippen LogP contribution in [-0.4, -0.2) is 0 Å². The molecule has 1 aromatic rings. The van der Waals surface area contributed by atoms with E-state index in [1.54, 1.807) is 0 Å². The van der Waals surface area contributed by atoms with Gasteiger partial charge >= 0.3 is 0 Å². The van der Waals surface area contributed by atoms with Crippen molar-refractivity contribution < 1.29 is 8.78 Å². The third kappa shape index (κ3) is 3.95. The number of halogens is 2. The smallest absolute Gasteiger partial charge is 0.162 e.